The summed E-state index contributed by atoms with van der Waals surface area (Å²) >= 11 is 11.8. The van der Waals surface area contributed by atoms with Crippen molar-refractivity contribution in [3.63, 3.8) is 0 Å². The molecule has 0 radical (unpaired) electrons. The molecule has 1 aromatic carbocycles. The summed E-state index contributed by atoms with van der Waals surface area (Å²) in [7, 11) is 0. The molecule has 12 heavy (non-hydrogen) atoms. The van der Waals surface area contributed by atoms with Gasteiger partial charge in [0.2, 0.25) is 0 Å². The van der Waals surface area contributed by atoms with Crippen molar-refractivity contribution in [3.8, 4) is 0 Å². The molecule has 2 rings (SSSR count). The highest BCUT2D eigenvalue weighted by Gasteiger charge is 2.11. The fraction of sp³-hybridized carbons (Fsp3) is 0.200. The van der Waals surface area contributed by atoms with Gasteiger partial charge in [-0.15, -0.1) is 0 Å². The molecule has 1 aliphatic rings. The lowest BCUT2D eigenvalue weighted by molar-refractivity contribution is 1.50. The minimum absolute atomic E-state index is 0.631. The Morgan fingerprint density at radius 1 is 1.17 bits per heavy atom. The van der Waals surface area contributed by atoms with Crippen LogP contribution in [0.2, 0.25) is 10.0 Å². The normalized spacial score (nSPS) is 14.7. The van der Waals surface area contributed by atoms with Gasteiger partial charge >= 0.3 is 0 Å². The highest BCUT2D eigenvalue weighted by atomic mass is 35.5. The minimum Gasteiger partial charge on any atom is -0.0827 e. The first kappa shape index (κ1) is 8.15. The summed E-state index contributed by atoms with van der Waals surface area (Å²) in [5.41, 5.74) is 2.50. The van der Waals surface area contributed by atoms with Crippen LogP contribution in [0, 0.1) is 0 Å². The Labute approximate surface area is 81.8 Å². The van der Waals surface area contributed by atoms with Crippen molar-refractivity contribution >= 4 is 29.3 Å². The first-order chi connectivity index (χ1) is 5.77. The fourth-order valence-corrected chi connectivity index (χ4v) is 1.43. The second-order valence-electron chi connectivity index (χ2n) is 2.95. The SMILES string of the molecule is Clc1cccc(C=C2CC2)c1Cl. The standard InChI is InChI=1S/C10H8Cl2/c11-9-3-1-2-8(10(9)12)6-7-4-5-7/h1-3,6H,4-5H2. The van der Waals surface area contributed by atoms with Gasteiger partial charge in [0, 0.05) is 0 Å². The zero-order valence-electron chi connectivity index (χ0n) is 6.48. The van der Waals surface area contributed by atoms with E-state index in [1.807, 2.05) is 12.1 Å². The van der Waals surface area contributed by atoms with Gasteiger partial charge in [0.05, 0.1) is 10.0 Å². The van der Waals surface area contributed by atoms with Crippen molar-refractivity contribution in [2.24, 2.45) is 0 Å². The van der Waals surface area contributed by atoms with E-state index < -0.39 is 0 Å². The molecule has 0 atom stereocenters. The second kappa shape index (κ2) is 3.12. The van der Waals surface area contributed by atoms with E-state index in [0.717, 1.165) is 5.56 Å². The van der Waals surface area contributed by atoms with Gasteiger partial charge in [-0.1, -0.05) is 47.0 Å². The maximum Gasteiger partial charge on any atom is 0.0664 e. The molecule has 0 N–H and O–H groups in total. The molecular weight excluding hydrogens is 191 g/mol. The zero-order valence-corrected chi connectivity index (χ0v) is 7.99. The molecule has 0 spiro atoms. The van der Waals surface area contributed by atoms with Crippen molar-refractivity contribution in [1.82, 2.24) is 0 Å². The number of rotatable bonds is 1. The van der Waals surface area contributed by atoms with E-state index in [0.29, 0.717) is 10.0 Å². The first-order valence-corrected chi connectivity index (χ1v) is 4.66. The van der Waals surface area contributed by atoms with E-state index in [1.165, 1.54) is 18.4 Å². The maximum absolute atomic E-state index is 5.99. The average molecular weight is 199 g/mol. The van der Waals surface area contributed by atoms with Crippen LogP contribution < -0.4 is 0 Å². The molecular formula is C10H8Cl2. The first-order valence-electron chi connectivity index (χ1n) is 3.91. The highest BCUT2D eigenvalue weighted by molar-refractivity contribution is 6.42. The number of hydrogen-bond donors (Lipinski definition) is 0. The summed E-state index contributed by atoms with van der Waals surface area (Å²) in [5, 5.41) is 1.30. The van der Waals surface area contributed by atoms with Gasteiger partial charge in [0.1, 0.15) is 0 Å². The summed E-state index contributed by atoms with van der Waals surface area (Å²) in [5.74, 6) is 0. The van der Waals surface area contributed by atoms with E-state index in [-0.39, 0.29) is 0 Å². The highest BCUT2D eigenvalue weighted by Crippen LogP contribution is 2.34. The van der Waals surface area contributed by atoms with Gasteiger partial charge in [-0.25, -0.2) is 0 Å². The fourth-order valence-electron chi connectivity index (χ4n) is 1.07. The van der Waals surface area contributed by atoms with E-state index in [2.05, 4.69) is 6.08 Å². The Morgan fingerprint density at radius 3 is 2.58 bits per heavy atom. The maximum atomic E-state index is 5.99. The van der Waals surface area contributed by atoms with Gasteiger partial charge in [0.15, 0.2) is 0 Å². The quantitative estimate of drug-likeness (QED) is 0.636. The molecule has 0 aliphatic heterocycles. The predicted octanol–water partition coefficient (Wildman–Crippen LogP) is 4.17. The molecule has 0 saturated heterocycles. The lowest BCUT2D eigenvalue weighted by atomic mass is 10.2. The molecule has 2 heteroatoms. The molecule has 1 aromatic rings. The summed E-state index contributed by atoms with van der Waals surface area (Å²) in [6.07, 6.45) is 4.54. The Balaban J connectivity index is 2.42. The van der Waals surface area contributed by atoms with Crippen LogP contribution in [-0.4, -0.2) is 0 Å². The Hall–Kier alpha value is -0.460. The number of halogens is 2. The molecule has 1 saturated carbocycles. The van der Waals surface area contributed by atoms with Crippen molar-refractivity contribution in [2.75, 3.05) is 0 Å². The zero-order chi connectivity index (χ0) is 8.55. The van der Waals surface area contributed by atoms with Gasteiger partial charge in [-0.05, 0) is 24.5 Å². The van der Waals surface area contributed by atoms with E-state index >= 15 is 0 Å². The summed E-state index contributed by atoms with van der Waals surface area (Å²) in [6.45, 7) is 0. The second-order valence-corrected chi connectivity index (χ2v) is 3.73. The van der Waals surface area contributed by atoms with Gasteiger partial charge in [-0.2, -0.15) is 0 Å². The monoisotopic (exact) mass is 198 g/mol. The Bertz CT molecular complexity index is 334. The topological polar surface area (TPSA) is 0 Å². The summed E-state index contributed by atoms with van der Waals surface area (Å²) < 4.78 is 0. The smallest absolute Gasteiger partial charge is 0.0664 e. The van der Waals surface area contributed by atoms with Gasteiger partial charge in [0.25, 0.3) is 0 Å². The number of benzene rings is 1. The molecule has 0 nitrogen and oxygen atoms in total. The lowest BCUT2D eigenvalue weighted by Crippen LogP contribution is -1.75. The van der Waals surface area contributed by atoms with E-state index in [9.17, 15) is 0 Å². The van der Waals surface area contributed by atoms with Crippen LogP contribution >= 0.6 is 23.2 Å². The molecule has 62 valence electrons. The van der Waals surface area contributed by atoms with E-state index in [1.54, 1.807) is 6.07 Å². The molecule has 0 amide bonds. The third-order valence-electron chi connectivity index (χ3n) is 1.88. The lowest BCUT2D eigenvalue weighted by Gasteiger charge is -1.98. The van der Waals surface area contributed by atoms with Crippen molar-refractivity contribution < 1.29 is 0 Å². The molecule has 0 unspecified atom stereocenters. The average Bonchev–Trinajstić information content (AvgIpc) is 2.83. The minimum atomic E-state index is 0.631. The number of allylic oxidation sites excluding steroid dienone is 1. The van der Waals surface area contributed by atoms with Crippen molar-refractivity contribution in [2.45, 2.75) is 12.8 Å². The van der Waals surface area contributed by atoms with Crippen LogP contribution in [0.15, 0.2) is 23.8 Å². The van der Waals surface area contributed by atoms with Crippen LogP contribution in [0.5, 0.6) is 0 Å². The third-order valence-corrected chi connectivity index (χ3v) is 2.71. The third kappa shape index (κ3) is 1.65. The van der Waals surface area contributed by atoms with Crippen LogP contribution in [0.25, 0.3) is 6.08 Å². The number of hydrogen-bond acceptors (Lipinski definition) is 0. The van der Waals surface area contributed by atoms with Crippen LogP contribution in [0.4, 0.5) is 0 Å². The molecule has 0 bridgehead atoms. The largest absolute Gasteiger partial charge is 0.0827 e. The van der Waals surface area contributed by atoms with Crippen molar-refractivity contribution in [1.29, 1.82) is 0 Å². The molecule has 0 aromatic heterocycles. The van der Waals surface area contributed by atoms with Crippen LogP contribution in [-0.2, 0) is 0 Å². The van der Waals surface area contributed by atoms with Gasteiger partial charge < -0.3 is 0 Å². The molecule has 1 aliphatic carbocycles. The van der Waals surface area contributed by atoms with E-state index in [4.69, 9.17) is 23.2 Å². The summed E-state index contributed by atoms with van der Waals surface area (Å²) in [6, 6.07) is 5.71. The van der Waals surface area contributed by atoms with Crippen molar-refractivity contribution in [3.05, 3.63) is 39.4 Å². The molecule has 0 heterocycles. The Kier molecular flexibility index (Phi) is 2.12. The van der Waals surface area contributed by atoms with Crippen LogP contribution in [0.3, 0.4) is 0 Å². The Morgan fingerprint density at radius 2 is 1.92 bits per heavy atom. The predicted molar refractivity (Wildman–Crippen MR) is 53.7 cm³/mol. The molecule has 1 fully saturated rings. The van der Waals surface area contributed by atoms with Gasteiger partial charge in [-0.3, -0.25) is 0 Å². The summed E-state index contributed by atoms with van der Waals surface area (Å²) in [4.78, 5) is 0. The van der Waals surface area contributed by atoms with Crippen LogP contribution in [0.1, 0.15) is 18.4 Å².